The molecule has 15 heavy (non-hydrogen) atoms. The Balaban J connectivity index is 0. The predicted octanol–water partition coefficient (Wildman–Crippen LogP) is 2.36. The minimum absolute atomic E-state index is 0. The molecule has 0 aliphatic carbocycles. The molecule has 0 N–H and O–H groups in total. The number of carbonyl (C=O) groups excluding carboxylic acids is 1. The average Bonchev–Trinajstić information content (AvgIpc) is 2.14. The van der Waals surface area contributed by atoms with Gasteiger partial charge in [-0.05, 0) is 12.3 Å². The van der Waals surface area contributed by atoms with Gasteiger partial charge in [0.05, 0.1) is 6.61 Å². The SMILES string of the molecule is CCCCCCCC(=O)OCC(C)C.[AlH3]. The summed E-state index contributed by atoms with van der Waals surface area (Å²) in [5.41, 5.74) is 0. The van der Waals surface area contributed by atoms with E-state index in [1.54, 1.807) is 0 Å². The van der Waals surface area contributed by atoms with Gasteiger partial charge in [-0.2, -0.15) is 0 Å². The molecule has 0 unspecified atom stereocenters. The van der Waals surface area contributed by atoms with Gasteiger partial charge in [0.25, 0.3) is 0 Å². The van der Waals surface area contributed by atoms with Gasteiger partial charge >= 0.3 is 5.97 Å². The molecule has 0 atom stereocenters. The Morgan fingerprint density at radius 3 is 2.27 bits per heavy atom. The molecule has 0 spiro atoms. The van der Waals surface area contributed by atoms with Crippen molar-refractivity contribution in [3.05, 3.63) is 0 Å². The summed E-state index contributed by atoms with van der Waals surface area (Å²) in [6.07, 6.45) is 6.50. The van der Waals surface area contributed by atoms with Crippen LogP contribution in [0.4, 0.5) is 0 Å². The van der Waals surface area contributed by atoms with Crippen molar-refractivity contribution < 1.29 is 9.53 Å². The molecule has 3 heteroatoms. The molecular weight excluding hydrogens is 203 g/mol. The van der Waals surface area contributed by atoms with Crippen molar-refractivity contribution in [2.45, 2.75) is 59.3 Å². The van der Waals surface area contributed by atoms with E-state index in [-0.39, 0.29) is 23.3 Å². The molecule has 0 saturated carbocycles. The number of ether oxygens (including phenoxy) is 1. The van der Waals surface area contributed by atoms with E-state index in [0.29, 0.717) is 18.9 Å². The molecule has 0 fully saturated rings. The lowest BCUT2D eigenvalue weighted by Crippen LogP contribution is -2.09. The second-order valence-electron chi connectivity index (χ2n) is 4.24. The van der Waals surface area contributed by atoms with E-state index in [1.807, 2.05) is 0 Å². The second-order valence-corrected chi connectivity index (χ2v) is 4.24. The fourth-order valence-electron chi connectivity index (χ4n) is 1.20. The number of esters is 1. The van der Waals surface area contributed by atoms with Gasteiger partial charge in [0, 0.05) is 6.42 Å². The van der Waals surface area contributed by atoms with Crippen LogP contribution in [0.3, 0.4) is 0 Å². The largest absolute Gasteiger partial charge is 0.465 e. The third-order valence-corrected chi connectivity index (χ3v) is 2.06. The third kappa shape index (κ3) is 14.0. The Morgan fingerprint density at radius 1 is 1.13 bits per heavy atom. The van der Waals surface area contributed by atoms with Crippen LogP contribution in [0.15, 0.2) is 0 Å². The van der Waals surface area contributed by atoms with Gasteiger partial charge in [0.1, 0.15) is 0 Å². The number of hydrogen-bond donors (Lipinski definition) is 0. The van der Waals surface area contributed by atoms with Gasteiger partial charge in [-0.25, -0.2) is 0 Å². The standard InChI is InChI=1S/C12H24O2.Al.3H/c1-4-5-6-7-8-9-12(13)14-10-11(2)3;;;;/h11H,4-10H2,1-3H3;;;;. The first kappa shape index (κ1) is 17.4. The molecule has 0 aromatic rings. The van der Waals surface area contributed by atoms with Crippen molar-refractivity contribution in [2.24, 2.45) is 5.92 Å². The van der Waals surface area contributed by atoms with Gasteiger partial charge in [-0.15, -0.1) is 0 Å². The predicted molar refractivity (Wildman–Crippen MR) is 69.1 cm³/mol. The molecule has 90 valence electrons. The molecule has 0 rings (SSSR count). The van der Waals surface area contributed by atoms with Gasteiger partial charge in [0.15, 0.2) is 17.4 Å². The highest BCUT2D eigenvalue weighted by Gasteiger charge is 2.03. The quantitative estimate of drug-likeness (QED) is 0.363. The van der Waals surface area contributed by atoms with E-state index in [2.05, 4.69) is 20.8 Å². The molecule has 0 aromatic heterocycles. The molecule has 0 aliphatic rings. The highest BCUT2D eigenvalue weighted by atomic mass is 27.0. The van der Waals surface area contributed by atoms with E-state index in [9.17, 15) is 4.79 Å². The number of unbranched alkanes of at least 4 members (excludes halogenated alkanes) is 4. The van der Waals surface area contributed by atoms with Gasteiger partial charge in [0.2, 0.25) is 0 Å². The normalized spacial score (nSPS) is 9.87. The lowest BCUT2D eigenvalue weighted by atomic mass is 10.1. The maximum atomic E-state index is 11.2. The number of hydrogen-bond acceptors (Lipinski definition) is 2. The van der Waals surface area contributed by atoms with Crippen LogP contribution >= 0.6 is 0 Å². The molecule has 0 saturated heterocycles. The Labute approximate surface area is 105 Å². The van der Waals surface area contributed by atoms with Crippen LogP contribution in [0.5, 0.6) is 0 Å². The van der Waals surface area contributed by atoms with Crippen molar-refractivity contribution in [3.8, 4) is 0 Å². The van der Waals surface area contributed by atoms with E-state index < -0.39 is 0 Å². The van der Waals surface area contributed by atoms with Gasteiger partial charge in [-0.3, -0.25) is 4.79 Å². The Kier molecular flexibility index (Phi) is 14.0. The molecule has 0 amide bonds. The maximum Gasteiger partial charge on any atom is 0.305 e. The number of carbonyl (C=O) groups is 1. The second kappa shape index (κ2) is 12.1. The summed E-state index contributed by atoms with van der Waals surface area (Å²) in [5, 5.41) is 0. The molecule has 0 radical (unpaired) electrons. The van der Waals surface area contributed by atoms with Crippen molar-refractivity contribution in [3.63, 3.8) is 0 Å². The summed E-state index contributed by atoms with van der Waals surface area (Å²) >= 11 is 0. The van der Waals surface area contributed by atoms with Crippen LogP contribution in [0.2, 0.25) is 0 Å². The lowest BCUT2D eigenvalue weighted by molar-refractivity contribution is -0.144. The van der Waals surface area contributed by atoms with E-state index in [4.69, 9.17) is 4.74 Å². The van der Waals surface area contributed by atoms with Crippen molar-refractivity contribution in [1.82, 2.24) is 0 Å². The van der Waals surface area contributed by atoms with Crippen molar-refractivity contribution in [2.75, 3.05) is 6.61 Å². The van der Waals surface area contributed by atoms with E-state index in [0.717, 1.165) is 12.8 Å². The van der Waals surface area contributed by atoms with E-state index in [1.165, 1.54) is 19.3 Å². The zero-order chi connectivity index (χ0) is 10.8. The first-order valence-corrected chi connectivity index (χ1v) is 5.82. The van der Waals surface area contributed by atoms with Gasteiger partial charge in [-0.1, -0.05) is 46.5 Å². The minimum atomic E-state index is -0.0322. The Hall–Kier alpha value is 0.00247. The summed E-state index contributed by atoms with van der Waals surface area (Å²) in [5.74, 6) is 0.411. The van der Waals surface area contributed by atoms with Crippen LogP contribution in [-0.4, -0.2) is 29.9 Å². The zero-order valence-corrected chi connectivity index (χ0v) is 9.84. The third-order valence-electron chi connectivity index (χ3n) is 2.06. The highest BCUT2D eigenvalue weighted by Crippen LogP contribution is 2.06. The molecule has 0 aromatic carbocycles. The van der Waals surface area contributed by atoms with Crippen LogP contribution in [0.1, 0.15) is 59.3 Å². The maximum absolute atomic E-state index is 11.2. The summed E-state index contributed by atoms with van der Waals surface area (Å²) < 4.78 is 5.07. The lowest BCUT2D eigenvalue weighted by Gasteiger charge is -2.06. The first-order valence-electron chi connectivity index (χ1n) is 5.82. The summed E-state index contributed by atoms with van der Waals surface area (Å²) in [6, 6.07) is 0. The Bertz CT molecular complexity index is 147. The summed E-state index contributed by atoms with van der Waals surface area (Å²) in [6.45, 7) is 6.85. The fraction of sp³-hybridized carbons (Fsp3) is 0.917. The van der Waals surface area contributed by atoms with Crippen LogP contribution in [0.25, 0.3) is 0 Å². The van der Waals surface area contributed by atoms with Crippen LogP contribution in [0, 0.1) is 5.92 Å². The van der Waals surface area contributed by atoms with E-state index >= 15 is 0 Å². The summed E-state index contributed by atoms with van der Waals surface area (Å²) in [7, 11) is 0. The zero-order valence-electron chi connectivity index (χ0n) is 9.84. The molecule has 0 heterocycles. The smallest absolute Gasteiger partial charge is 0.305 e. The minimum Gasteiger partial charge on any atom is -0.465 e. The van der Waals surface area contributed by atoms with Gasteiger partial charge < -0.3 is 4.74 Å². The summed E-state index contributed by atoms with van der Waals surface area (Å²) in [4.78, 5) is 11.2. The molecule has 0 bridgehead atoms. The molecule has 2 nitrogen and oxygen atoms in total. The number of rotatable bonds is 8. The van der Waals surface area contributed by atoms with Crippen molar-refractivity contribution >= 4 is 23.3 Å². The fourth-order valence-corrected chi connectivity index (χ4v) is 1.20. The Morgan fingerprint density at radius 2 is 1.73 bits per heavy atom. The first-order chi connectivity index (χ1) is 6.66. The van der Waals surface area contributed by atoms with Crippen molar-refractivity contribution in [1.29, 1.82) is 0 Å². The average molecular weight is 230 g/mol. The molecular formula is C12H27AlO2. The monoisotopic (exact) mass is 230 g/mol. The molecule has 0 aliphatic heterocycles. The highest BCUT2D eigenvalue weighted by molar-refractivity contribution is 5.75. The van der Waals surface area contributed by atoms with Crippen LogP contribution in [-0.2, 0) is 9.53 Å². The topological polar surface area (TPSA) is 26.3 Å². The van der Waals surface area contributed by atoms with Crippen LogP contribution < -0.4 is 0 Å².